The molecule has 0 bridgehead atoms. The van der Waals surface area contributed by atoms with E-state index in [2.05, 4.69) is 9.97 Å². The van der Waals surface area contributed by atoms with Crippen LogP contribution in [0.3, 0.4) is 0 Å². The number of rotatable bonds is 3. The summed E-state index contributed by atoms with van der Waals surface area (Å²) in [5.74, 6) is 0.774. The molecule has 1 heterocycles. The van der Waals surface area contributed by atoms with Gasteiger partial charge in [-0.05, 0) is 32.6 Å². The van der Waals surface area contributed by atoms with Gasteiger partial charge in [0.25, 0.3) is 0 Å². The van der Waals surface area contributed by atoms with Crippen LogP contribution in [-0.4, -0.2) is 15.5 Å². The first-order valence-electron chi connectivity index (χ1n) is 4.96. The van der Waals surface area contributed by atoms with E-state index in [1.165, 1.54) is 0 Å². The number of anilines is 1. The molecule has 1 saturated carbocycles. The summed E-state index contributed by atoms with van der Waals surface area (Å²) in [6, 6.07) is 0. The van der Waals surface area contributed by atoms with Crippen LogP contribution in [0, 0.1) is 6.92 Å². The molecule has 1 aliphatic rings. The molecule has 4 N–H and O–H groups in total. The Morgan fingerprint density at radius 2 is 2.21 bits per heavy atom. The zero-order chi connectivity index (χ0) is 10.2. The van der Waals surface area contributed by atoms with Crippen molar-refractivity contribution in [2.75, 3.05) is 5.73 Å². The van der Waals surface area contributed by atoms with Crippen LogP contribution in [0.4, 0.5) is 5.69 Å². The van der Waals surface area contributed by atoms with Crippen molar-refractivity contribution in [1.29, 1.82) is 0 Å². The molecular formula is C10H16N4. The maximum absolute atomic E-state index is 6.00. The van der Waals surface area contributed by atoms with Crippen molar-refractivity contribution in [3.63, 3.8) is 0 Å². The van der Waals surface area contributed by atoms with E-state index in [-0.39, 0.29) is 5.54 Å². The van der Waals surface area contributed by atoms with Gasteiger partial charge in [0.05, 0.1) is 17.6 Å². The largest absolute Gasteiger partial charge is 0.396 e. The number of hydrogen-bond donors (Lipinski definition) is 2. The monoisotopic (exact) mass is 192 g/mol. The first-order valence-corrected chi connectivity index (χ1v) is 4.96. The van der Waals surface area contributed by atoms with E-state index in [9.17, 15) is 0 Å². The van der Waals surface area contributed by atoms with Crippen molar-refractivity contribution in [3.05, 3.63) is 17.7 Å². The minimum absolute atomic E-state index is 0.0747. The van der Waals surface area contributed by atoms with Crippen molar-refractivity contribution in [2.24, 2.45) is 5.73 Å². The third kappa shape index (κ3) is 2.01. The molecule has 4 heteroatoms. The highest BCUT2D eigenvalue weighted by Gasteiger charge is 2.37. The summed E-state index contributed by atoms with van der Waals surface area (Å²) in [6.45, 7) is 1.87. The van der Waals surface area contributed by atoms with Gasteiger partial charge in [0.15, 0.2) is 0 Å². The van der Waals surface area contributed by atoms with Gasteiger partial charge in [0.1, 0.15) is 5.82 Å². The Balaban J connectivity index is 2.04. The minimum atomic E-state index is 0.0747. The van der Waals surface area contributed by atoms with Gasteiger partial charge in [-0.2, -0.15) is 0 Å². The molecule has 1 aromatic rings. The van der Waals surface area contributed by atoms with Crippen molar-refractivity contribution in [3.8, 4) is 0 Å². The molecule has 0 saturated heterocycles. The molecule has 4 nitrogen and oxygen atoms in total. The first kappa shape index (κ1) is 9.40. The molecule has 2 rings (SSSR count). The van der Waals surface area contributed by atoms with Gasteiger partial charge in [-0.25, -0.2) is 9.97 Å². The molecule has 1 fully saturated rings. The Labute approximate surface area is 83.7 Å². The number of aryl methyl sites for hydroxylation is 2. The molecule has 0 atom stereocenters. The molecule has 1 aromatic heterocycles. The lowest BCUT2D eigenvalue weighted by molar-refractivity contribution is 0.602. The van der Waals surface area contributed by atoms with Gasteiger partial charge in [-0.3, -0.25) is 0 Å². The van der Waals surface area contributed by atoms with Crippen LogP contribution in [0.25, 0.3) is 0 Å². The summed E-state index contributed by atoms with van der Waals surface area (Å²) in [5.41, 5.74) is 13.5. The SMILES string of the molecule is Cc1ncc(N)c(CCC2(N)CC2)n1. The van der Waals surface area contributed by atoms with E-state index in [1.807, 2.05) is 6.92 Å². The number of nitrogens with two attached hydrogens (primary N) is 2. The standard InChI is InChI=1S/C10H16N4/c1-7-13-6-8(11)9(14-7)2-3-10(12)4-5-10/h6H,2-5,11-12H2,1H3. The predicted molar refractivity (Wildman–Crippen MR) is 55.7 cm³/mol. The summed E-state index contributed by atoms with van der Waals surface area (Å²) >= 11 is 0. The highest BCUT2D eigenvalue weighted by molar-refractivity contribution is 5.40. The van der Waals surface area contributed by atoms with Crippen LogP contribution in [-0.2, 0) is 6.42 Å². The average Bonchev–Trinajstić information content (AvgIpc) is 2.87. The molecule has 0 aliphatic heterocycles. The Bertz CT molecular complexity index is 344. The molecule has 0 aromatic carbocycles. The van der Waals surface area contributed by atoms with Crippen LogP contribution in [0.15, 0.2) is 6.20 Å². The zero-order valence-corrected chi connectivity index (χ0v) is 8.45. The second-order valence-electron chi connectivity index (χ2n) is 4.18. The molecule has 1 aliphatic carbocycles. The molecule has 0 amide bonds. The van der Waals surface area contributed by atoms with Gasteiger partial charge in [0.2, 0.25) is 0 Å². The van der Waals surface area contributed by atoms with Crippen LogP contribution >= 0.6 is 0 Å². The maximum atomic E-state index is 6.00. The predicted octanol–water partition coefficient (Wildman–Crippen LogP) is 0.791. The fourth-order valence-electron chi connectivity index (χ4n) is 1.50. The van der Waals surface area contributed by atoms with Crippen molar-refractivity contribution < 1.29 is 0 Å². The smallest absolute Gasteiger partial charge is 0.125 e. The first-order chi connectivity index (χ1) is 6.59. The van der Waals surface area contributed by atoms with E-state index in [4.69, 9.17) is 11.5 Å². The molecule has 0 radical (unpaired) electrons. The van der Waals surface area contributed by atoms with Crippen LogP contribution in [0.5, 0.6) is 0 Å². The lowest BCUT2D eigenvalue weighted by atomic mass is 10.1. The van der Waals surface area contributed by atoms with Crippen LogP contribution < -0.4 is 11.5 Å². The highest BCUT2D eigenvalue weighted by Crippen LogP contribution is 2.36. The van der Waals surface area contributed by atoms with Crippen molar-refractivity contribution in [2.45, 2.75) is 38.1 Å². The van der Waals surface area contributed by atoms with E-state index >= 15 is 0 Å². The van der Waals surface area contributed by atoms with Crippen molar-refractivity contribution >= 4 is 5.69 Å². The number of nitrogens with zero attached hydrogens (tertiary/aromatic N) is 2. The highest BCUT2D eigenvalue weighted by atomic mass is 14.9. The van der Waals surface area contributed by atoms with Gasteiger partial charge >= 0.3 is 0 Å². The summed E-state index contributed by atoms with van der Waals surface area (Å²) in [4.78, 5) is 8.34. The fraction of sp³-hybridized carbons (Fsp3) is 0.600. The number of nitrogen functional groups attached to an aromatic ring is 1. The van der Waals surface area contributed by atoms with Crippen molar-refractivity contribution in [1.82, 2.24) is 9.97 Å². The van der Waals surface area contributed by atoms with Gasteiger partial charge < -0.3 is 11.5 Å². The van der Waals surface area contributed by atoms with E-state index in [0.717, 1.165) is 37.2 Å². The van der Waals surface area contributed by atoms with E-state index in [0.29, 0.717) is 5.69 Å². The quantitative estimate of drug-likeness (QED) is 0.742. The lowest BCUT2D eigenvalue weighted by Crippen LogP contribution is -2.22. The molecular weight excluding hydrogens is 176 g/mol. The topological polar surface area (TPSA) is 77.8 Å². The molecule has 76 valence electrons. The van der Waals surface area contributed by atoms with Crippen LogP contribution in [0.1, 0.15) is 30.8 Å². The Morgan fingerprint density at radius 1 is 1.50 bits per heavy atom. The van der Waals surface area contributed by atoms with Crippen LogP contribution in [0.2, 0.25) is 0 Å². The third-order valence-corrected chi connectivity index (χ3v) is 2.77. The summed E-state index contributed by atoms with van der Waals surface area (Å²) < 4.78 is 0. The maximum Gasteiger partial charge on any atom is 0.125 e. The lowest BCUT2D eigenvalue weighted by Gasteiger charge is -2.09. The Hall–Kier alpha value is -1.16. The number of hydrogen-bond acceptors (Lipinski definition) is 4. The van der Waals surface area contributed by atoms with Gasteiger partial charge in [-0.1, -0.05) is 0 Å². The second-order valence-corrected chi connectivity index (χ2v) is 4.18. The second kappa shape index (κ2) is 3.20. The van der Waals surface area contributed by atoms with Gasteiger partial charge in [-0.15, -0.1) is 0 Å². The molecule has 14 heavy (non-hydrogen) atoms. The summed E-state index contributed by atoms with van der Waals surface area (Å²) in [7, 11) is 0. The molecule has 0 unspecified atom stereocenters. The van der Waals surface area contributed by atoms with E-state index in [1.54, 1.807) is 6.20 Å². The summed E-state index contributed by atoms with van der Waals surface area (Å²) in [5, 5.41) is 0. The zero-order valence-electron chi connectivity index (χ0n) is 8.45. The minimum Gasteiger partial charge on any atom is -0.396 e. The van der Waals surface area contributed by atoms with Gasteiger partial charge in [0, 0.05) is 5.54 Å². The Morgan fingerprint density at radius 3 is 2.86 bits per heavy atom. The third-order valence-electron chi connectivity index (χ3n) is 2.77. The average molecular weight is 192 g/mol. The number of aromatic nitrogens is 2. The Kier molecular flexibility index (Phi) is 2.15. The molecule has 0 spiro atoms. The van der Waals surface area contributed by atoms with E-state index < -0.39 is 0 Å². The normalized spacial score (nSPS) is 18.1. The fourth-order valence-corrected chi connectivity index (χ4v) is 1.50. The summed E-state index contributed by atoms with van der Waals surface area (Å²) in [6.07, 6.45) is 5.79.